The molecule has 0 rings (SSSR count). The van der Waals surface area contributed by atoms with E-state index in [2.05, 4.69) is 24.3 Å². The monoisotopic (exact) mass is 144 g/mol. The molecule has 0 aromatic rings. The van der Waals surface area contributed by atoms with Gasteiger partial charge in [0, 0.05) is 5.08 Å². The molecule has 0 nitrogen and oxygen atoms in total. The van der Waals surface area contributed by atoms with Gasteiger partial charge in [0.1, 0.15) is 0 Å². The Morgan fingerprint density at radius 3 is 2.20 bits per heavy atom. The zero-order chi connectivity index (χ0) is 4.12. The molecule has 0 aromatic heterocycles. The van der Waals surface area contributed by atoms with Crippen LogP contribution in [0.2, 0.25) is 0 Å². The summed E-state index contributed by atoms with van der Waals surface area (Å²) in [6, 6.07) is 0. The predicted octanol–water partition coefficient (Wildman–Crippen LogP) is 2.10. The third kappa shape index (κ3) is 5.40. The van der Waals surface area contributed by atoms with Crippen molar-refractivity contribution in [3.05, 3.63) is 0 Å². The van der Waals surface area contributed by atoms with E-state index >= 15 is 0 Å². The molecule has 0 aliphatic carbocycles. The molecular weight excluding hydrogens is 140 g/mol. The van der Waals surface area contributed by atoms with Gasteiger partial charge >= 0.3 is 0 Å². The molecule has 0 unspecified atom stereocenters. The molecule has 0 heterocycles. The lowest BCUT2D eigenvalue weighted by atomic mass is 11.9. The minimum Gasteiger partial charge on any atom is -0.167 e. The number of hydrogen-bond donors (Lipinski definition) is 2. The number of hydrogen-bond acceptors (Lipinski definition) is 4. The maximum Gasteiger partial charge on any atom is 0.0474 e. The van der Waals surface area contributed by atoms with Crippen molar-refractivity contribution in [1.29, 1.82) is 0 Å². The Balaban J connectivity index is 2.19. The molecule has 0 aromatic carbocycles. The quantitative estimate of drug-likeness (QED) is 0.346. The summed E-state index contributed by atoms with van der Waals surface area (Å²) in [5.74, 6) is 0. The highest BCUT2D eigenvalue weighted by molar-refractivity contribution is 9.05. The van der Waals surface area contributed by atoms with Crippen LogP contribution in [-0.2, 0) is 0 Å². The average Bonchev–Trinajstić information content (AvgIpc) is 1.41. The van der Waals surface area contributed by atoms with Crippen molar-refractivity contribution >= 4 is 44.9 Å². The van der Waals surface area contributed by atoms with Gasteiger partial charge in [-0.25, -0.2) is 0 Å². The second kappa shape index (κ2) is 5.40. The molecule has 0 fully saturated rings. The van der Waals surface area contributed by atoms with E-state index in [1.54, 1.807) is 10.8 Å². The summed E-state index contributed by atoms with van der Waals surface area (Å²) < 4.78 is 0. The molecule has 0 aliphatic heterocycles. The van der Waals surface area contributed by atoms with Crippen LogP contribution in [-0.4, -0.2) is 5.08 Å². The van der Waals surface area contributed by atoms with Gasteiger partial charge in [-0.3, -0.25) is 0 Å². The van der Waals surface area contributed by atoms with E-state index in [-0.39, 0.29) is 0 Å². The Morgan fingerprint density at radius 2 is 2.20 bits per heavy atom. The van der Waals surface area contributed by atoms with Gasteiger partial charge < -0.3 is 0 Å². The first kappa shape index (κ1) is 6.40. The zero-order valence-electron chi connectivity index (χ0n) is 2.42. The summed E-state index contributed by atoms with van der Waals surface area (Å²) in [7, 11) is 3.04. The Morgan fingerprint density at radius 1 is 1.60 bits per heavy atom. The van der Waals surface area contributed by atoms with Crippen molar-refractivity contribution in [2.75, 3.05) is 5.08 Å². The molecule has 0 amide bonds. The van der Waals surface area contributed by atoms with Crippen LogP contribution in [0.1, 0.15) is 0 Å². The van der Waals surface area contributed by atoms with E-state index in [1.165, 1.54) is 9.83 Å². The van der Waals surface area contributed by atoms with Gasteiger partial charge in [0.2, 0.25) is 0 Å². The van der Waals surface area contributed by atoms with Gasteiger partial charge in [-0.2, -0.15) is 12.6 Å². The largest absolute Gasteiger partial charge is 0.167 e. The maximum atomic E-state index is 3.89. The highest BCUT2D eigenvalue weighted by atomic mass is 33.5. The van der Waals surface area contributed by atoms with E-state index < -0.39 is 0 Å². The van der Waals surface area contributed by atoms with Crippen LogP contribution < -0.4 is 0 Å². The highest BCUT2D eigenvalue weighted by Gasteiger charge is 1.69. The van der Waals surface area contributed by atoms with Crippen LogP contribution >= 0.6 is 44.9 Å². The molecule has 0 radical (unpaired) electrons. The normalized spacial score (nSPS) is 8.40. The molecule has 0 N–H and O–H groups in total. The number of thiol groups is 2. The van der Waals surface area contributed by atoms with Gasteiger partial charge in [-0.05, 0) is 9.83 Å². The molecule has 0 saturated heterocycles. The van der Waals surface area contributed by atoms with Gasteiger partial charge in [-0.1, -0.05) is 22.5 Å². The molecule has 5 heavy (non-hydrogen) atoms. The lowest BCUT2D eigenvalue weighted by Crippen LogP contribution is -1.40. The molecule has 4 heteroatoms. The van der Waals surface area contributed by atoms with Crippen LogP contribution in [0.3, 0.4) is 0 Å². The summed E-state index contributed by atoms with van der Waals surface area (Å²) in [5, 5.41) is 0.841. The van der Waals surface area contributed by atoms with E-state index in [0.717, 1.165) is 5.08 Å². The van der Waals surface area contributed by atoms with Crippen molar-refractivity contribution in [1.82, 2.24) is 0 Å². The number of rotatable bonds is 2. The molecule has 32 valence electrons. The van der Waals surface area contributed by atoms with Crippen molar-refractivity contribution in [2.24, 2.45) is 0 Å². The minimum absolute atomic E-state index is 0.841. The zero-order valence-corrected chi connectivity index (χ0v) is 5.84. The van der Waals surface area contributed by atoms with Crippen molar-refractivity contribution in [3.8, 4) is 0 Å². The summed E-state index contributed by atoms with van der Waals surface area (Å²) in [6.45, 7) is 0. The molecular formula is CH4S4. The van der Waals surface area contributed by atoms with E-state index in [0.29, 0.717) is 0 Å². The second-order valence-corrected chi connectivity index (χ2v) is 4.24. The SMILES string of the molecule is SCSSS. The Labute approximate surface area is 50.1 Å². The van der Waals surface area contributed by atoms with Crippen molar-refractivity contribution < 1.29 is 0 Å². The Bertz CT molecular complexity index is 11.1. The average molecular weight is 144 g/mol. The highest BCUT2D eigenvalue weighted by Crippen LogP contribution is 2.24. The van der Waals surface area contributed by atoms with Gasteiger partial charge in [0.25, 0.3) is 0 Å². The van der Waals surface area contributed by atoms with E-state index in [9.17, 15) is 0 Å². The smallest absolute Gasteiger partial charge is 0.0474 e. The maximum absolute atomic E-state index is 3.89. The summed E-state index contributed by atoms with van der Waals surface area (Å²) >= 11 is 7.73. The predicted molar refractivity (Wildman–Crippen MR) is 38.0 cm³/mol. The van der Waals surface area contributed by atoms with Crippen LogP contribution in [0.15, 0.2) is 0 Å². The van der Waals surface area contributed by atoms with Crippen LogP contribution in [0.4, 0.5) is 0 Å². The third-order valence-corrected chi connectivity index (χ3v) is 2.85. The topological polar surface area (TPSA) is 0 Å². The molecule has 0 atom stereocenters. The lowest BCUT2D eigenvalue weighted by Gasteiger charge is -1.77. The lowest BCUT2D eigenvalue weighted by molar-refractivity contribution is 2.36. The van der Waals surface area contributed by atoms with Crippen molar-refractivity contribution in [3.63, 3.8) is 0 Å². The first-order chi connectivity index (χ1) is 2.41. The summed E-state index contributed by atoms with van der Waals surface area (Å²) in [5.41, 5.74) is 0. The van der Waals surface area contributed by atoms with E-state index in [4.69, 9.17) is 0 Å². The van der Waals surface area contributed by atoms with Crippen LogP contribution in [0.5, 0.6) is 0 Å². The molecule has 0 saturated carbocycles. The Hall–Kier alpha value is 1.40. The fourth-order valence-corrected chi connectivity index (χ4v) is 1.91. The second-order valence-electron chi connectivity index (χ2n) is 0.321. The Kier molecular flexibility index (Phi) is 6.91. The third-order valence-electron chi connectivity index (χ3n) is 0.105. The van der Waals surface area contributed by atoms with Crippen molar-refractivity contribution in [2.45, 2.75) is 0 Å². The van der Waals surface area contributed by atoms with Gasteiger partial charge in [-0.15, -0.1) is 0 Å². The first-order valence-corrected chi connectivity index (χ1v) is 4.96. The van der Waals surface area contributed by atoms with E-state index in [1.807, 2.05) is 0 Å². The fourth-order valence-electron chi connectivity index (χ4n) is 0.0236. The van der Waals surface area contributed by atoms with Gasteiger partial charge in [0.15, 0.2) is 0 Å². The molecule has 0 bridgehead atoms. The van der Waals surface area contributed by atoms with Crippen LogP contribution in [0.25, 0.3) is 0 Å². The van der Waals surface area contributed by atoms with Crippen LogP contribution in [0, 0.1) is 0 Å². The molecule has 0 aliphatic rings. The summed E-state index contributed by atoms with van der Waals surface area (Å²) in [6.07, 6.45) is 0. The molecule has 0 spiro atoms. The van der Waals surface area contributed by atoms with Gasteiger partial charge in [0.05, 0.1) is 0 Å². The first-order valence-electron chi connectivity index (χ1n) is 0.954. The minimum atomic E-state index is 0.841. The fraction of sp³-hybridized carbons (Fsp3) is 1.00. The summed E-state index contributed by atoms with van der Waals surface area (Å²) in [4.78, 5) is 0. The standard InChI is InChI=1S/CH4S4/c2-1-4-5-3/h2-3H,1H2.